The van der Waals surface area contributed by atoms with Gasteiger partial charge in [0, 0.05) is 0 Å². The van der Waals surface area contributed by atoms with Crippen LogP contribution in [-0.2, 0) is 0 Å². The van der Waals surface area contributed by atoms with Gasteiger partial charge < -0.3 is 0 Å². The van der Waals surface area contributed by atoms with Gasteiger partial charge in [-0.05, 0) is 124 Å². The minimum absolute atomic E-state index is 0.265. The van der Waals surface area contributed by atoms with E-state index in [-0.39, 0.29) is 31.7 Å². The maximum Gasteiger partial charge on any atom is -0.0195 e. The molecule has 8 rings (SSSR count). The molecule has 4 heteroatoms. The first-order chi connectivity index (χ1) is 30.8. The van der Waals surface area contributed by atoms with Crippen LogP contribution in [0.3, 0.4) is 0 Å². The summed E-state index contributed by atoms with van der Waals surface area (Å²) in [4.78, 5) is 0. The van der Waals surface area contributed by atoms with Crippen LogP contribution in [0.2, 0.25) is 0 Å². The Labute approximate surface area is 377 Å². The van der Waals surface area contributed by atoms with Gasteiger partial charge in [-0.1, -0.05) is 255 Å². The third kappa shape index (κ3) is 14.3. The zero-order valence-electron chi connectivity index (χ0n) is 36.0. The van der Waals surface area contributed by atoms with Crippen molar-refractivity contribution in [3.63, 3.8) is 0 Å². The predicted octanol–water partition coefficient (Wildman–Crippen LogP) is 12.8. The second-order valence-corrected chi connectivity index (χ2v) is 24.8. The molecule has 0 aliphatic heterocycles. The molecule has 0 N–H and O–H groups in total. The highest BCUT2D eigenvalue weighted by molar-refractivity contribution is 7.74. The summed E-state index contributed by atoms with van der Waals surface area (Å²) in [5.74, 6) is 0. The van der Waals surface area contributed by atoms with Gasteiger partial charge in [0.15, 0.2) is 0 Å². The lowest BCUT2D eigenvalue weighted by Gasteiger charge is -2.20. The molecule has 0 radical (unpaired) electrons. The van der Waals surface area contributed by atoms with Crippen molar-refractivity contribution in [2.45, 2.75) is 38.5 Å². The highest BCUT2D eigenvalue weighted by atomic mass is 31.1. The van der Waals surface area contributed by atoms with Gasteiger partial charge in [0.25, 0.3) is 0 Å². The average molecular weight is 881 g/mol. The van der Waals surface area contributed by atoms with Crippen molar-refractivity contribution in [2.24, 2.45) is 0 Å². The second kappa shape index (κ2) is 26.2. The minimum atomic E-state index is -0.265. The standard InChI is InChI=1S/2C29H30P2/c2*1-6-16-26(17-7-1)30(27-18-8-2-9-19-27)24-14-5-15-25-31(28-20-10-3-11-21-28)29-22-12-4-13-23-29/h2*1-4,6-13,16-23H,5,14-15,24-25H2. The monoisotopic (exact) mass is 880 g/mol. The maximum atomic E-state index is 2.31. The quantitative estimate of drug-likeness (QED) is 0.0528. The van der Waals surface area contributed by atoms with Gasteiger partial charge in [0.2, 0.25) is 0 Å². The van der Waals surface area contributed by atoms with E-state index in [1.807, 2.05) is 0 Å². The van der Waals surface area contributed by atoms with E-state index in [0.29, 0.717) is 0 Å². The molecule has 0 aromatic heterocycles. The molecule has 0 heterocycles. The van der Waals surface area contributed by atoms with E-state index in [1.54, 1.807) is 0 Å². The van der Waals surface area contributed by atoms with Crippen molar-refractivity contribution >= 4 is 74.1 Å². The highest BCUT2D eigenvalue weighted by Gasteiger charge is 2.17. The molecular formula is C58H60P4. The minimum Gasteiger partial charge on any atom is -0.0622 e. The van der Waals surface area contributed by atoms with Crippen molar-refractivity contribution in [3.05, 3.63) is 243 Å². The zero-order valence-corrected chi connectivity index (χ0v) is 39.5. The van der Waals surface area contributed by atoms with Crippen molar-refractivity contribution in [3.8, 4) is 0 Å². The highest BCUT2D eigenvalue weighted by Crippen LogP contribution is 2.39. The first-order valence-corrected chi connectivity index (χ1v) is 28.4. The Morgan fingerprint density at radius 2 is 0.290 bits per heavy atom. The number of unbranched alkanes of at least 4 members (excludes halogenated alkanes) is 4. The van der Waals surface area contributed by atoms with E-state index in [1.165, 1.54) is 106 Å². The predicted molar refractivity (Wildman–Crippen MR) is 283 cm³/mol. The second-order valence-electron chi connectivity index (χ2n) is 15.4. The van der Waals surface area contributed by atoms with Gasteiger partial charge in [-0.2, -0.15) is 0 Å². The fourth-order valence-corrected chi connectivity index (χ4v) is 17.6. The lowest BCUT2D eigenvalue weighted by molar-refractivity contribution is 0.782. The number of benzene rings is 8. The van der Waals surface area contributed by atoms with Gasteiger partial charge in [-0.15, -0.1) is 0 Å². The number of hydrogen-bond acceptors (Lipinski definition) is 0. The topological polar surface area (TPSA) is 0 Å². The summed E-state index contributed by atoms with van der Waals surface area (Å²) in [7, 11) is -1.06. The van der Waals surface area contributed by atoms with E-state index < -0.39 is 0 Å². The van der Waals surface area contributed by atoms with Crippen LogP contribution in [0.15, 0.2) is 243 Å². The molecule has 0 nitrogen and oxygen atoms in total. The molecule has 8 aromatic carbocycles. The summed E-state index contributed by atoms with van der Waals surface area (Å²) in [6.45, 7) is 0. The Kier molecular flexibility index (Phi) is 19.2. The van der Waals surface area contributed by atoms with E-state index in [4.69, 9.17) is 0 Å². The Balaban J connectivity index is 0.000000186. The van der Waals surface area contributed by atoms with Crippen molar-refractivity contribution in [1.29, 1.82) is 0 Å². The van der Waals surface area contributed by atoms with Crippen LogP contribution in [0.5, 0.6) is 0 Å². The summed E-state index contributed by atoms with van der Waals surface area (Å²) >= 11 is 0. The summed E-state index contributed by atoms with van der Waals surface area (Å²) < 4.78 is 0. The van der Waals surface area contributed by atoms with Gasteiger partial charge >= 0.3 is 0 Å². The van der Waals surface area contributed by atoms with Crippen LogP contribution in [0.25, 0.3) is 0 Å². The normalized spacial score (nSPS) is 11.2. The van der Waals surface area contributed by atoms with Crippen LogP contribution in [0.4, 0.5) is 0 Å². The largest absolute Gasteiger partial charge is 0.0622 e. The van der Waals surface area contributed by atoms with Crippen molar-refractivity contribution < 1.29 is 0 Å². The molecule has 0 bridgehead atoms. The van der Waals surface area contributed by atoms with Gasteiger partial charge in [-0.3, -0.25) is 0 Å². The third-order valence-corrected chi connectivity index (χ3v) is 21.5. The lowest BCUT2D eigenvalue weighted by atomic mass is 10.3. The van der Waals surface area contributed by atoms with E-state index in [2.05, 4.69) is 243 Å². The molecule has 0 atom stereocenters. The SMILES string of the molecule is c1ccc(P(CCCCCP(c2ccccc2)c2ccccc2)c2ccccc2)cc1.c1ccc(P(CCCCCP(c2ccccc2)c2ccccc2)c2ccccc2)cc1. The van der Waals surface area contributed by atoms with Gasteiger partial charge in [0.1, 0.15) is 0 Å². The van der Waals surface area contributed by atoms with Crippen LogP contribution in [0.1, 0.15) is 38.5 Å². The average Bonchev–Trinajstić information content (AvgIpc) is 3.36. The lowest BCUT2D eigenvalue weighted by Crippen LogP contribution is -2.15. The zero-order chi connectivity index (χ0) is 42.3. The molecule has 62 heavy (non-hydrogen) atoms. The van der Waals surface area contributed by atoms with Gasteiger partial charge in [0.05, 0.1) is 0 Å². The van der Waals surface area contributed by atoms with Crippen LogP contribution < -0.4 is 42.4 Å². The molecule has 0 aliphatic carbocycles. The molecule has 0 fully saturated rings. The molecule has 0 saturated heterocycles. The number of rotatable bonds is 20. The van der Waals surface area contributed by atoms with Crippen molar-refractivity contribution in [2.75, 3.05) is 24.6 Å². The molecule has 8 aromatic rings. The fraction of sp³-hybridized carbons (Fsp3) is 0.172. The summed E-state index contributed by atoms with van der Waals surface area (Å²) in [6.07, 6.45) is 12.9. The summed E-state index contributed by atoms with van der Waals surface area (Å²) in [5, 5.41) is 12.0. The Hall–Kier alpha value is -4.52. The molecule has 0 amide bonds. The molecule has 312 valence electrons. The molecular weight excluding hydrogens is 821 g/mol. The molecule has 0 saturated carbocycles. The number of hydrogen-bond donors (Lipinski definition) is 0. The Morgan fingerprint density at radius 3 is 0.419 bits per heavy atom. The van der Waals surface area contributed by atoms with Crippen LogP contribution in [0, 0.1) is 0 Å². The van der Waals surface area contributed by atoms with E-state index in [0.717, 1.165) is 0 Å². The van der Waals surface area contributed by atoms with E-state index in [9.17, 15) is 0 Å². The Bertz CT molecular complexity index is 1850. The molecule has 0 unspecified atom stereocenters. The summed E-state index contributed by atoms with van der Waals surface area (Å²) in [6, 6.07) is 88.8. The summed E-state index contributed by atoms with van der Waals surface area (Å²) in [5.41, 5.74) is 0. The van der Waals surface area contributed by atoms with E-state index >= 15 is 0 Å². The van der Waals surface area contributed by atoms with Crippen LogP contribution >= 0.6 is 31.7 Å². The van der Waals surface area contributed by atoms with Crippen LogP contribution in [-0.4, -0.2) is 24.6 Å². The Morgan fingerprint density at radius 1 is 0.161 bits per heavy atom. The van der Waals surface area contributed by atoms with Crippen molar-refractivity contribution in [1.82, 2.24) is 0 Å². The third-order valence-electron chi connectivity index (χ3n) is 11.1. The first kappa shape index (κ1) is 45.5. The van der Waals surface area contributed by atoms with Gasteiger partial charge in [-0.25, -0.2) is 0 Å². The fourth-order valence-electron chi connectivity index (χ4n) is 7.93. The smallest absolute Gasteiger partial charge is 0.0195 e. The molecule has 0 spiro atoms. The maximum absolute atomic E-state index is 2.31. The first-order valence-electron chi connectivity index (χ1n) is 22.3. The molecule has 0 aliphatic rings.